The second kappa shape index (κ2) is 7.16. The average Bonchev–Trinajstić information content (AvgIpc) is 2.02. The highest BCUT2D eigenvalue weighted by Crippen LogP contribution is 2.22. The molecular weight excluding hydrogens is 186 g/mol. The fourth-order valence-corrected chi connectivity index (χ4v) is 1.40. The van der Waals surface area contributed by atoms with Crippen molar-refractivity contribution in [1.29, 1.82) is 0 Å². The monoisotopic (exact) mass is 208 g/mol. The van der Waals surface area contributed by atoms with Crippen molar-refractivity contribution in [3.05, 3.63) is 0 Å². The van der Waals surface area contributed by atoms with E-state index >= 15 is 0 Å². The number of rotatable bonds is 8. The van der Waals surface area contributed by atoms with Crippen LogP contribution in [0, 0.1) is 5.92 Å². The van der Waals surface area contributed by atoms with E-state index in [4.69, 9.17) is 0 Å². The van der Waals surface area contributed by atoms with Crippen molar-refractivity contribution in [3.63, 3.8) is 0 Å². The third-order valence-corrected chi connectivity index (χ3v) is 2.18. The Balaban J connectivity index is 3.34. The van der Waals surface area contributed by atoms with E-state index < -0.39 is 12.5 Å². The highest BCUT2D eigenvalue weighted by Gasteiger charge is 2.27. The first kappa shape index (κ1) is 13.8. The first-order chi connectivity index (χ1) is 6.48. The Morgan fingerprint density at radius 2 is 1.79 bits per heavy atom. The molecule has 0 bridgehead atoms. The maximum Gasteiger partial charge on any atom is 0.270 e. The minimum Gasteiger partial charge on any atom is -0.378 e. The molecule has 0 fully saturated rings. The van der Waals surface area contributed by atoms with Gasteiger partial charge in [-0.05, 0) is 12.3 Å². The summed E-state index contributed by atoms with van der Waals surface area (Å²) >= 11 is 0. The van der Waals surface area contributed by atoms with Crippen LogP contribution < -0.4 is 0 Å². The Morgan fingerprint density at radius 3 is 2.29 bits per heavy atom. The van der Waals surface area contributed by atoms with Gasteiger partial charge >= 0.3 is 0 Å². The molecule has 0 unspecified atom stereocenters. The van der Waals surface area contributed by atoms with E-state index in [1.807, 2.05) is 0 Å². The van der Waals surface area contributed by atoms with Crippen LogP contribution in [-0.4, -0.2) is 19.6 Å². The summed E-state index contributed by atoms with van der Waals surface area (Å²) in [5.41, 5.74) is 0. The summed E-state index contributed by atoms with van der Waals surface area (Å²) < 4.78 is 30.2. The van der Waals surface area contributed by atoms with Gasteiger partial charge in [0, 0.05) is 13.5 Å². The molecule has 0 aliphatic rings. The lowest BCUT2D eigenvalue weighted by atomic mass is 10.0. The average molecular weight is 208 g/mol. The van der Waals surface area contributed by atoms with Gasteiger partial charge in [-0.15, -0.1) is 0 Å². The third-order valence-electron chi connectivity index (χ3n) is 2.18. The number of hydrogen-bond acceptors (Lipinski definition) is 1. The van der Waals surface area contributed by atoms with Crippen molar-refractivity contribution in [3.8, 4) is 0 Å². The summed E-state index contributed by atoms with van der Waals surface area (Å²) in [6.07, 6.45) is 3.65. The Bertz CT molecular complexity index is 135. The lowest BCUT2D eigenvalue weighted by molar-refractivity contribution is -0.0712. The Hall–Kier alpha value is -0.180. The smallest absolute Gasteiger partial charge is 0.270 e. The summed E-state index contributed by atoms with van der Waals surface area (Å²) in [5.74, 6) is -1.96. The molecule has 1 nitrogen and oxygen atoms in total. The van der Waals surface area contributed by atoms with Crippen molar-refractivity contribution >= 4 is 0 Å². The topological polar surface area (TPSA) is 9.23 Å². The van der Waals surface area contributed by atoms with Gasteiger partial charge in [0.2, 0.25) is 0 Å². The molecule has 0 amide bonds. The molecule has 0 rings (SSSR count). The Kier molecular flexibility index (Phi) is 7.06. The van der Waals surface area contributed by atoms with Gasteiger partial charge in [-0.25, -0.2) is 8.78 Å². The zero-order valence-electron chi connectivity index (χ0n) is 9.48. The summed E-state index contributed by atoms with van der Waals surface area (Å²) in [6, 6.07) is 0. The zero-order valence-corrected chi connectivity index (χ0v) is 9.48. The Morgan fingerprint density at radius 1 is 1.14 bits per heavy atom. The third kappa shape index (κ3) is 8.42. The predicted molar refractivity (Wildman–Crippen MR) is 54.7 cm³/mol. The molecule has 86 valence electrons. The number of ether oxygens (including phenoxy) is 1. The number of methoxy groups -OCH3 is 1. The van der Waals surface area contributed by atoms with E-state index in [2.05, 4.69) is 18.6 Å². The largest absolute Gasteiger partial charge is 0.378 e. The van der Waals surface area contributed by atoms with Crippen LogP contribution in [0.2, 0.25) is 0 Å². The van der Waals surface area contributed by atoms with Crippen LogP contribution in [0.5, 0.6) is 0 Å². The molecular formula is C11H22F2O. The normalized spacial score (nSPS) is 12.4. The molecule has 14 heavy (non-hydrogen) atoms. The van der Waals surface area contributed by atoms with Crippen LogP contribution in [0.4, 0.5) is 8.78 Å². The maximum atomic E-state index is 12.9. The van der Waals surface area contributed by atoms with Gasteiger partial charge in [0.25, 0.3) is 5.92 Å². The van der Waals surface area contributed by atoms with Gasteiger partial charge in [-0.3, -0.25) is 0 Å². The second-order valence-electron chi connectivity index (χ2n) is 4.28. The molecule has 0 saturated carbocycles. The van der Waals surface area contributed by atoms with Gasteiger partial charge < -0.3 is 4.74 Å². The molecule has 0 saturated heterocycles. The molecule has 3 heteroatoms. The number of halogens is 2. The van der Waals surface area contributed by atoms with Gasteiger partial charge in [0.1, 0.15) is 6.61 Å². The minimum atomic E-state index is -2.63. The molecule has 0 aromatic carbocycles. The van der Waals surface area contributed by atoms with Crippen LogP contribution in [-0.2, 0) is 4.74 Å². The van der Waals surface area contributed by atoms with Crippen molar-refractivity contribution in [2.24, 2.45) is 5.92 Å². The van der Waals surface area contributed by atoms with Crippen LogP contribution in [0.25, 0.3) is 0 Å². The van der Waals surface area contributed by atoms with E-state index in [-0.39, 0.29) is 6.42 Å². The molecule has 0 aromatic rings. The first-order valence-electron chi connectivity index (χ1n) is 5.34. The zero-order chi connectivity index (χ0) is 11.0. The summed E-state index contributed by atoms with van der Waals surface area (Å²) in [6.45, 7) is 3.86. The van der Waals surface area contributed by atoms with E-state index in [9.17, 15) is 8.78 Å². The number of hydrogen-bond donors (Lipinski definition) is 0. The van der Waals surface area contributed by atoms with Crippen LogP contribution >= 0.6 is 0 Å². The first-order valence-corrected chi connectivity index (χ1v) is 5.34. The summed E-state index contributed by atoms with van der Waals surface area (Å²) in [7, 11) is 1.31. The quantitative estimate of drug-likeness (QED) is 0.550. The number of alkyl halides is 2. The van der Waals surface area contributed by atoms with Crippen molar-refractivity contribution in [1.82, 2.24) is 0 Å². The minimum absolute atomic E-state index is 0.0427. The van der Waals surface area contributed by atoms with E-state index in [0.717, 1.165) is 19.3 Å². The molecule has 0 radical (unpaired) electrons. The molecule has 0 heterocycles. The van der Waals surface area contributed by atoms with Crippen molar-refractivity contribution in [2.75, 3.05) is 13.7 Å². The van der Waals surface area contributed by atoms with Crippen molar-refractivity contribution < 1.29 is 13.5 Å². The lowest BCUT2D eigenvalue weighted by Crippen LogP contribution is -2.22. The van der Waals surface area contributed by atoms with Crippen LogP contribution in [0.1, 0.15) is 46.0 Å². The molecule has 0 spiro atoms. The van der Waals surface area contributed by atoms with Gasteiger partial charge in [0.05, 0.1) is 0 Å². The highest BCUT2D eigenvalue weighted by atomic mass is 19.3. The van der Waals surface area contributed by atoms with Gasteiger partial charge in [0.15, 0.2) is 0 Å². The highest BCUT2D eigenvalue weighted by molar-refractivity contribution is 4.64. The molecule has 0 atom stereocenters. The SMILES string of the molecule is COCC(F)(F)CCCCCC(C)C. The molecule has 0 aliphatic heterocycles. The van der Waals surface area contributed by atoms with E-state index in [1.165, 1.54) is 7.11 Å². The van der Waals surface area contributed by atoms with Crippen molar-refractivity contribution in [2.45, 2.75) is 51.9 Å². The fourth-order valence-electron chi connectivity index (χ4n) is 1.40. The molecule has 0 N–H and O–H groups in total. The van der Waals surface area contributed by atoms with Crippen LogP contribution in [0.3, 0.4) is 0 Å². The Labute approximate surface area is 85.8 Å². The maximum absolute atomic E-state index is 12.9. The summed E-state index contributed by atoms with van der Waals surface area (Å²) in [4.78, 5) is 0. The standard InChI is InChI=1S/C11H22F2O/c1-10(2)7-5-4-6-8-11(12,13)9-14-3/h10H,4-9H2,1-3H3. The van der Waals surface area contributed by atoms with Gasteiger partial charge in [-0.1, -0.05) is 33.1 Å². The summed E-state index contributed by atoms with van der Waals surface area (Å²) in [5, 5.41) is 0. The van der Waals surface area contributed by atoms with E-state index in [1.54, 1.807) is 0 Å². The predicted octanol–water partition coefficient (Wildman–Crippen LogP) is 3.87. The second-order valence-corrected chi connectivity index (χ2v) is 4.28. The van der Waals surface area contributed by atoms with E-state index in [0.29, 0.717) is 12.3 Å². The number of unbranched alkanes of at least 4 members (excludes halogenated alkanes) is 2. The lowest BCUT2D eigenvalue weighted by Gasteiger charge is -2.14. The molecule has 0 aromatic heterocycles. The van der Waals surface area contributed by atoms with Crippen LogP contribution in [0.15, 0.2) is 0 Å². The molecule has 0 aliphatic carbocycles. The van der Waals surface area contributed by atoms with Gasteiger partial charge in [-0.2, -0.15) is 0 Å². The fraction of sp³-hybridized carbons (Fsp3) is 1.00.